The Hall–Kier alpha value is -1.09. The van der Waals surface area contributed by atoms with Crippen molar-refractivity contribution in [1.29, 1.82) is 0 Å². The summed E-state index contributed by atoms with van der Waals surface area (Å²) >= 11 is 5.96. The highest BCUT2D eigenvalue weighted by Gasteiger charge is 2.19. The van der Waals surface area contributed by atoms with Gasteiger partial charge in [0.05, 0.1) is 5.69 Å². The number of aromatic nitrogens is 2. The molecule has 0 aliphatic heterocycles. The smallest absolute Gasteiger partial charge is 0.224 e. The molecule has 1 aromatic heterocycles. The lowest BCUT2D eigenvalue weighted by atomic mass is 9.95. The molecule has 1 heterocycles. The van der Waals surface area contributed by atoms with Gasteiger partial charge in [0.2, 0.25) is 5.28 Å². The molecule has 90 valence electrons. The second kappa shape index (κ2) is 4.65. The summed E-state index contributed by atoms with van der Waals surface area (Å²) in [5.41, 5.74) is 2.17. The number of hydrogen-bond donors (Lipinski definition) is 1. The molecule has 0 aromatic carbocycles. The number of hydrogen-bond acceptors (Lipinski definition) is 3. The van der Waals surface area contributed by atoms with E-state index in [1.807, 2.05) is 0 Å². The Balaban J connectivity index is 1.84. The zero-order valence-corrected chi connectivity index (χ0v) is 10.5. The molecule has 0 bridgehead atoms. The first kappa shape index (κ1) is 11.0. The maximum atomic E-state index is 5.96. The number of fused-ring (bicyclic) bond motifs is 1. The monoisotopic (exact) mass is 249 g/mol. The molecule has 0 atom stereocenters. The Morgan fingerprint density at radius 3 is 2.82 bits per heavy atom. The van der Waals surface area contributed by atoms with E-state index in [1.165, 1.54) is 32.1 Å². The molecule has 0 spiro atoms. The van der Waals surface area contributed by atoms with Crippen molar-refractivity contribution in [3.8, 4) is 0 Å². The minimum absolute atomic E-state index is 0.353. The summed E-state index contributed by atoms with van der Waals surface area (Å²) < 4.78 is 0. The summed E-state index contributed by atoms with van der Waals surface area (Å²) in [6, 6.07) is 0.549. The molecular weight excluding hydrogens is 234 g/mol. The van der Waals surface area contributed by atoms with Crippen molar-refractivity contribution >= 4 is 23.5 Å². The molecule has 0 saturated heterocycles. The van der Waals surface area contributed by atoms with Crippen molar-refractivity contribution < 1.29 is 0 Å². The van der Waals surface area contributed by atoms with Crippen LogP contribution in [-0.4, -0.2) is 16.0 Å². The lowest BCUT2D eigenvalue weighted by molar-refractivity contribution is 0.461. The molecule has 3 nitrogen and oxygen atoms in total. The van der Waals surface area contributed by atoms with E-state index in [1.54, 1.807) is 0 Å². The van der Waals surface area contributed by atoms with Crippen molar-refractivity contribution in [3.05, 3.63) is 22.6 Å². The van der Waals surface area contributed by atoms with Gasteiger partial charge in [-0.25, -0.2) is 9.97 Å². The lowest BCUT2D eigenvalue weighted by Crippen LogP contribution is -2.23. The number of nitrogens with one attached hydrogen (secondary N) is 1. The van der Waals surface area contributed by atoms with E-state index in [0.717, 1.165) is 23.5 Å². The first-order valence-electron chi connectivity index (χ1n) is 6.32. The molecule has 17 heavy (non-hydrogen) atoms. The molecule has 1 fully saturated rings. The SMILES string of the molecule is Clc1nc2c(c(NC3CCCCC3)n1)C=CC2. The van der Waals surface area contributed by atoms with Crippen molar-refractivity contribution in [2.45, 2.75) is 44.6 Å². The van der Waals surface area contributed by atoms with Gasteiger partial charge in [-0.15, -0.1) is 0 Å². The normalized spacial score (nSPS) is 19.4. The number of allylic oxidation sites excluding steroid dienone is 1. The van der Waals surface area contributed by atoms with E-state index >= 15 is 0 Å². The molecule has 3 rings (SSSR count). The van der Waals surface area contributed by atoms with E-state index in [2.05, 4.69) is 27.4 Å². The lowest BCUT2D eigenvalue weighted by Gasteiger charge is -2.24. The number of anilines is 1. The maximum absolute atomic E-state index is 5.96. The van der Waals surface area contributed by atoms with Gasteiger partial charge in [-0.1, -0.05) is 31.4 Å². The quantitative estimate of drug-likeness (QED) is 0.816. The summed E-state index contributed by atoms with van der Waals surface area (Å²) in [6.07, 6.45) is 11.5. The number of rotatable bonds is 2. The van der Waals surface area contributed by atoms with Crippen LogP contribution in [0.1, 0.15) is 43.4 Å². The Bertz CT molecular complexity index is 450. The van der Waals surface area contributed by atoms with Crippen LogP contribution in [0, 0.1) is 0 Å². The van der Waals surface area contributed by atoms with Crippen LogP contribution in [0.3, 0.4) is 0 Å². The molecule has 0 amide bonds. The van der Waals surface area contributed by atoms with E-state index in [0.29, 0.717) is 11.3 Å². The molecule has 1 aromatic rings. The Kier molecular flexibility index (Phi) is 3.02. The Morgan fingerprint density at radius 1 is 1.18 bits per heavy atom. The van der Waals surface area contributed by atoms with E-state index in [4.69, 9.17) is 11.6 Å². The van der Waals surface area contributed by atoms with Crippen LogP contribution in [0.15, 0.2) is 6.08 Å². The van der Waals surface area contributed by atoms with Gasteiger partial charge >= 0.3 is 0 Å². The number of halogens is 1. The average Bonchev–Trinajstić information content (AvgIpc) is 2.78. The van der Waals surface area contributed by atoms with Gasteiger partial charge in [-0.05, 0) is 24.4 Å². The van der Waals surface area contributed by atoms with Crippen LogP contribution < -0.4 is 5.32 Å². The summed E-state index contributed by atoms with van der Waals surface area (Å²) in [4.78, 5) is 8.59. The molecule has 1 N–H and O–H groups in total. The first-order valence-corrected chi connectivity index (χ1v) is 6.70. The minimum Gasteiger partial charge on any atom is -0.367 e. The third-order valence-corrected chi connectivity index (χ3v) is 3.71. The molecule has 2 aliphatic rings. The van der Waals surface area contributed by atoms with E-state index in [9.17, 15) is 0 Å². The maximum Gasteiger partial charge on any atom is 0.224 e. The van der Waals surface area contributed by atoms with Crippen LogP contribution in [0.5, 0.6) is 0 Å². The second-order valence-electron chi connectivity index (χ2n) is 4.79. The summed E-state index contributed by atoms with van der Waals surface area (Å²) in [7, 11) is 0. The topological polar surface area (TPSA) is 37.8 Å². The van der Waals surface area contributed by atoms with E-state index < -0.39 is 0 Å². The zero-order chi connectivity index (χ0) is 11.7. The zero-order valence-electron chi connectivity index (χ0n) is 9.75. The van der Waals surface area contributed by atoms with Gasteiger partial charge in [0.25, 0.3) is 0 Å². The molecule has 4 heteroatoms. The Morgan fingerprint density at radius 2 is 2.00 bits per heavy atom. The van der Waals surface area contributed by atoms with Crippen LogP contribution in [0.25, 0.3) is 6.08 Å². The minimum atomic E-state index is 0.353. The van der Waals surface area contributed by atoms with Crippen molar-refractivity contribution in [1.82, 2.24) is 9.97 Å². The third kappa shape index (κ3) is 2.29. The van der Waals surface area contributed by atoms with E-state index in [-0.39, 0.29) is 0 Å². The average molecular weight is 250 g/mol. The largest absolute Gasteiger partial charge is 0.367 e. The predicted octanol–water partition coefficient (Wildman–Crippen LogP) is 3.44. The van der Waals surface area contributed by atoms with Gasteiger partial charge in [0.15, 0.2) is 0 Å². The van der Waals surface area contributed by atoms with Gasteiger partial charge in [0, 0.05) is 18.0 Å². The molecule has 1 saturated carbocycles. The van der Waals surface area contributed by atoms with Gasteiger partial charge < -0.3 is 5.32 Å². The fourth-order valence-corrected chi connectivity index (χ4v) is 2.84. The van der Waals surface area contributed by atoms with Crippen LogP contribution >= 0.6 is 11.6 Å². The van der Waals surface area contributed by atoms with Crippen molar-refractivity contribution in [3.63, 3.8) is 0 Å². The van der Waals surface area contributed by atoms with Crippen LogP contribution in [0.4, 0.5) is 5.82 Å². The fourth-order valence-electron chi connectivity index (χ4n) is 2.66. The predicted molar refractivity (Wildman–Crippen MR) is 70.3 cm³/mol. The fraction of sp³-hybridized carbons (Fsp3) is 0.538. The highest BCUT2D eigenvalue weighted by atomic mass is 35.5. The summed E-state index contributed by atoms with van der Waals surface area (Å²) in [5.74, 6) is 0.917. The van der Waals surface area contributed by atoms with Crippen LogP contribution in [-0.2, 0) is 6.42 Å². The van der Waals surface area contributed by atoms with Crippen molar-refractivity contribution in [2.24, 2.45) is 0 Å². The molecular formula is C13H16ClN3. The highest BCUT2D eigenvalue weighted by Crippen LogP contribution is 2.28. The highest BCUT2D eigenvalue weighted by molar-refractivity contribution is 6.28. The van der Waals surface area contributed by atoms with Gasteiger partial charge in [-0.3, -0.25) is 0 Å². The Labute approximate surface area is 106 Å². The summed E-state index contributed by atoms with van der Waals surface area (Å²) in [5, 5.41) is 3.89. The second-order valence-corrected chi connectivity index (χ2v) is 5.13. The standard InChI is InChI=1S/C13H16ClN3/c14-13-16-11-8-4-7-10(11)12(17-13)15-9-5-2-1-3-6-9/h4,7,9H,1-3,5-6,8H2,(H,15,16,17). The van der Waals surface area contributed by atoms with Crippen molar-refractivity contribution in [2.75, 3.05) is 5.32 Å². The first-order chi connectivity index (χ1) is 8.33. The molecule has 2 aliphatic carbocycles. The third-order valence-electron chi connectivity index (χ3n) is 3.54. The number of nitrogens with zero attached hydrogens (tertiary/aromatic N) is 2. The molecule has 0 radical (unpaired) electrons. The van der Waals surface area contributed by atoms with Gasteiger partial charge in [0.1, 0.15) is 5.82 Å². The van der Waals surface area contributed by atoms with Gasteiger partial charge in [-0.2, -0.15) is 0 Å². The summed E-state index contributed by atoms with van der Waals surface area (Å²) in [6.45, 7) is 0. The molecule has 0 unspecified atom stereocenters. The van der Waals surface area contributed by atoms with Crippen LogP contribution in [0.2, 0.25) is 5.28 Å².